The number of carbonyl (C=O) groups excluding carboxylic acids is 2. The first kappa shape index (κ1) is 23.0. The van der Waals surface area contributed by atoms with Gasteiger partial charge in [-0.15, -0.1) is 0 Å². The van der Waals surface area contributed by atoms with E-state index >= 15 is 0 Å². The second-order valence-electron chi connectivity index (χ2n) is 8.09. The van der Waals surface area contributed by atoms with Crippen LogP contribution in [-0.4, -0.2) is 36.2 Å². The number of carboxylic acid groups (broad SMARTS) is 1. The van der Waals surface area contributed by atoms with Gasteiger partial charge in [0, 0.05) is 12.5 Å². The molecule has 3 N–H and O–H groups in total. The summed E-state index contributed by atoms with van der Waals surface area (Å²) in [5.74, 6) is -3.41. The SMILES string of the molecule is CC(CNC(=O)c1cc(F)ccc1NC(=O)OCC1c2ccccc2-c2ccccc21)C(=O)O. The van der Waals surface area contributed by atoms with E-state index in [0.717, 1.165) is 34.4 Å². The highest BCUT2D eigenvalue weighted by atomic mass is 19.1. The van der Waals surface area contributed by atoms with Gasteiger partial charge in [-0.1, -0.05) is 55.5 Å². The van der Waals surface area contributed by atoms with Crippen molar-refractivity contribution in [3.63, 3.8) is 0 Å². The van der Waals surface area contributed by atoms with E-state index in [-0.39, 0.29) is 30.3 Å². The largest absolute Gasteiger partial charge is 0.481 e. The first-order chi connectivity index (χ1) is 16.3. The highest BCUT2D eigenvalue weighted by Crippen LogP contribution is 2.44. The van der Waals surface area contributed by atoms with Gasteiger partial charge in [-0.25, -0.2) is 9.18 Å². The highest BCUT2D eigenvalue weighted by molar-refractivity contribution is 6.02. The van der Waals surface area contributed by atoms with E-state index in [1.165, 1.54) is 13.0 Å². The van der Waals surface area contributed by atoms with Crippen LogP contribution in [0.1, 0.15) is 34.3 Å². The van der Waals surface area contributed by atoms with Gasteiger partial charge in [0.15, 0.2) is 0 Å². The van der Waals surface area contributed by atoms with Crippen molar-refractivity contribution in [1.29, 1.82) is 0 Å². The average molecular weight is 462 g/mol. The third-order valence-corrected chi connectivity index (χ3v) is 5.80. The number of carboxylic acids is 1. The number of benzene rings is 3. The molecule has 3 aromatic rings. The van der Waals surface area contributed by atoms with Crippen LogP contribution in [0.25, 0.3) is 11.1 Å². The first-order valence-electron chi connectivity index (χ1n) is 10.8. The summed E-state index contributed by atoms with van der Waals surface area (Å²) in [6.07, 6.45) is -0.790. The van der Waals surface area contributed by atoms with Crippen molar-refractivity contribution in [2.45, 2.75) is 12.8 Å². The van der Waals surface area contributed by atoms with E-state index in [4.69, 9.17) is 9.84 Å². The van der Waals surface area contributed by atoms with Gasteiger partial charge in [-0.2, -0.15) is 0 Å². The van der Waals surface area contributed by atoms with Gasteiger partial charge >= 0.3 is 12.1 Å². The van der Waals surface area contributed by atoms with E-state index < -0.39 is 29.7 Å². The summed E-state index contributed by atoms with van der Waals surface area (Å²) in [6.45, 7) is 1.37. The molecule has 0 radical (unpaired) electrons. The fourth-order valence-electron chi connectivity index (χ4n) is 3.99. The topological polar surface area (TPSA) is 105 Å². The Morgan fingerprint density at radius 3 is 2.24 bits per heavy atom. The molecule has 7 nitrogen and oxygen atoms in total. The zero-order valence-electron chi connectivity index (χ0n) is 18.4. The van der Waals surface area contributed by atoms with Crippen molar-refractivity contribution in [3.8, 4) is 11.1 Å². The Hall–Kier alpha value is -4.20. The number of fused-ring (bicyclic) bond motifs is 3. The Bertz CT molecular complexity index is 1210. The molecule has 1 aliphatic rings. The summed E-state index contributed by atoms with van der Waals surface area (Å²) >= 11 is 0. The summed E-state index contributed by atoms with van der Waals surface area (Å²) in [5, 5.41) is 13.9. The van der Waals surface area contributed by atoms with Crippen LogP contribution >= 0.6 is 0 Å². The lowest BCUT2D eigenvalue weighted by Crippen LogP contribution is -2.32. The minimum absolute atomic E-state index is 0.0547. The van der Waals surface area contributed by atoms with Gasteiger partial charge in [-0.05, 0) is 40.5 Å². The quantitative estimate of drug-likeness (QED) is 0.475. The molecule has 0 aromatic heterocycles. The van der Waals surface area contributed by atoms with Crippen molar-refractivity contribution in [2.75, 3.05) is 18.5 Å². The molecule has 174 valence electrons. The van der Waals surface area contributed by atoms with Crippen LogP contribution in [0.15, 0.2) is 66.7 Å². The maximum absolute atomic E-state index is 13.8. The fraction of sp³-hybridized carbons (Fsp3) is 0.192. The standard InChI is InChI=1S/C26H23FN2O5/c1-15(25(31)32)13-28-24(30)21-12-16(27)10-11-23(21)29-26(33)34-14-22-19-8-4-2-6-17(19)18-7-3-5-9-20(18)22/h2-12,15,22H,13-14H2,1H3,(H,28,30)(H,29,33)(H,31,32). The summed E-state index contributed by atoms with van der Waals surface area (Å²) in [5.41, 5.74) is 4.24. The molecule has 1 aliphatic carbocycles. The Morgan fingerprint density at radius 1 is 1.00 bits per heavy atom. The second kappa shape index (κ2) is 9.74. The van der Waals surface area contributed by atoms with Crippen LogP contribution in [0, 0.1) is 11.7 Å². The lowest BCUT2D eigenvalue weighted by molar-refractivity contribution is -0.140. The average Bonchev–Trinajstić information content (AvgIpc) is 3.15. The van der Waals surface area contributed by atoms with Gasteiger partial charge in [0.05, 0.1) is 17.2 Å². The fourth-order valence-corrected chi connectivity index (χ4v) is 3.99. The number of hydrogen-bond acceptors (Lipinski definition) is 4. The van der Waals surface area contributed by atoms with E-state index in [2.05, 4.69) is 10.6 Å². The Kier molecular flexibility index (Phi) is 6.58. The molecular weight excluding hydrogens is 439 g/mol. The van der Waals surface area contributed by atoms with Gasteiger partial charge < -0.3 is 15.2 Å². The predicted octanol–water partition coefficient (Wildman–Crippen LogP) is 4.64. The molecular formula is C26H23FN2O5. The highest BCUT2D eigenvalue weighted by Gasteiger charge is 2.29. The van der Waals surface area contributed by atoms with Crippen LogP contribution in [0.4, 0.5) is 14.9 Å². The number of carbonyl (C=O) groups is 3. The van der Waals surface area contributed by atoms with Crippen molar-refractivity contribution in [1.82, 2.24) is 5.32 Å². The first-order valence-corrected chi connectivity index (χ1v) is 10.8. The summed E-state index contributed by atoms with van der Waals surface area (Å²) in [7, 11) is 0. The number of rotatable bonds is 7. The lowest BCUT2D eigenvalue weighted by atomic mass is 9.98. The molecule has 2 amide bonds. The van der Waals surface area contributed by atoms with E-state index in [9.17, 15) is 18.8 Å². The number of halogens is 1. The molecule has 3 aromatic carbocycles. The van der Waals surface area contributed by atoms with E-state index in [0.29, 0.717) is 0 Å². The Labute approximate surface area is 195 Å². The number of ether oxygens (including phenoxy) is 1. The normalized spacial score (nSPS) is 12.9. The molecule has 0 saturated heterocycles. The molecule has 0 bridgehead atoms. The van der Waals surface area contributed by atoms with Gasteiger partial charge in [0.2, 0.25) is 0 Å². The molecule has 0 aliphatic heterocycles. The number of nitrogens with one attached hydrogen (secondary N) is 2. The maximum Gasteiger partial charge on any atom is 0.411 e. The zero-order valence-corrected chi connectivity index (χ0v) is 18.4. The predicted molar refractivity (Wildman–Crippen MR) is 124 cm³/mol. The van der Waals surface area contributed by atoms with Gasteiger partial charge in [0.25, 0.3) is 5.91 Å². The van der Waals surface area contributed by atoms with Crippen LogP contribution in [-0.2, 0) is 9.53 Å². The summed E-state index contributed by atoms with van der Waals surface area (Å²) < 4.78 is 19.3. The van der Waals surface area contributed by atoms with Crippen LogP contribution in [0.5, 0.6) is 0 Å². The van der Waals surface area contributed by atoms with Crippen molar-refractivity contribution >= 4 is 23.7 Å². The van der Waals surface area contributed by atoms with Crippen molar-refractivity contribution < 1.29 is 28.6 Å². The monoisotopic (exact) mass is 462 g/mol. The number of amides is 2. The molecule has 0 spiro atoms. The molecule has 0 saturated carbocycles. The van der Waals surface area contributed by atoms with E-state index in [1.54, 1.807) is 0 Å². The smallest absolute Gasteiger partial charge is 0.411 e. The minimum atomic E-state index is -1.07. The van der Waals surface area contributed by atoms with Gasteiger partial charge in [-0.3, -0.25) is 14.9 Å². The minimum Gasteiger partial charge on any atom is -0.481 e. The molecule has 0 heterocycles. The molecule has 4 rings (SSSR count). The zero-order chi connectivity index (χ0) is 24.2. The van der Waals surface area contributed by atoms with Gasteiger partial charge in [0.1, 0.15) is 12.4 Å². The molecule has 1 atom stereocenters. The third-order valence-electron chi connectivity index (χ3n) is 5.80. The van der Waals surface area contributed by atoms with Crippen LogP contribution < -0.4 is 10.6 Å². The molecule has 0 fully saturated rings. The number of hydrogen-bond donors (Lipinski definition) is 3. The van der Waals surface area contributed by atoms with E-state index in [1.807, 2.05) is 48.5 Å². The molecule has 8 heteroatoms. The lowest BCUT2D eigenvalue weighted by Gasteiger charge is -2.16. The Balaban J connectivity index is 1.45. The Morgan fingerprint density at radius 2 is 1.62 bits per heavy atom. The second-order valence-corrected chi connectivity index (χ2v) is 8.09. The summed E-state index contributed by atoms with van der Waals surface area (Å²) in [4.78, 5) is 36.0. The summed E-state index contributed by atoms with van der Waals surface area (Å²) in [6, 6.07) is 19.2. The third kappa shape index (κ3) is 4.76. The van der Waals surface area contributed by atoms with Crippen molar-refractivity contribution in [2.24, 2.45) is 5.92 Å². The maximum atomic E-state index is 13.8. The van der Waals surface area contributed by atoms with Crippen molar-refractivity contribution in [3.05, 3.63) is 89.2 Å². The van der Waals surface area contributed by atoms with Crippen LogP contribution in [0.2, 0.25) is 0 Å². The number of aliphatic carboxylic acids is 1. The van der Waals surface area contributed by atoms with Crippen LogP contribution in [0.3, 0.4) is 0 Å². The molecule has 1 unspecified atom stereocenters. The number of anilines is 1. The molecule has 34 heavy (non-hydrogen) atoms.